The summed E-state index contributed by atoms with van der Waals surface area (Å²) < 4.78 is 0. The Morgan fingerprint density at radius 2 is 0.971 bits per heavy atom. The van der Waals surface area contributed by atoms with E-state index in [0.29, 0.717) is 50.0 Å². The van der Waals surface area contributed by atoms with E-state index in [1.807, 2.05) is 54.6 Å². The van der Waals surface area contributed by atoms with Crippen LogP contribution in [0.1, 0.15) is 60.9 Å². The summed E-state index contributed by atoms with van der Waals surface area (Å²) in [6.07, 6.45) is 9.29. The van der Waals surface area contributed by atoms with Gasteiger partial charge in [-0.05, 0) is 80.4 Å². The number of amides is 6. The molecule has 0 aliphatic rings. The molecule has 6 atom stereocenters. The number of fused-ring (bicyclic) bond motifs is 2. The molecule has 0 radical (unpaired) electrons. The minimum absolute atomic E-state index is 0.0127. The number of rotatable bonds is 27. The van der Waals surface area contributed by atoms with Crippen molar-refractivity contribution in [1.82, 2.24) is 46.5 Å². The number of primary amides is 1. The van der Waals surface area contributed by atoms with Crippen LogP contribution in [0.25, 0.3) is 21.8 Å². The Balaban J connectivity index is 1.28. The molecule has 0 spiro atoms. The van der Waals surface area contributed by atoms with Gasteiger partial charge in [0.25, 0.3) is 0 Å². The third-order valence-electron chi connectivity index (χ3n) is 11.9. The zero-order chi connectivity index (χ0) is 48.4. The Morgan fingerprint density at radius 3 is 1.49 bits per heavy atom. The molecule has 6 amide bonds. The van der Waals surface area contributed by atoms with E-state index < -0.39 is 71.7 Å². The molecule has 6 rings (SSSR count). The largest absolute Gasteiger partial charge is 0.368 e. The van der Waals surface area contributed by atoms with Crippen LogP contribution in [0.3, 0.4) is 0 Å². The number of aromatic nitrogens is 4. The van der Waals surface area contributed by atoms with Gasteiger partial charge in [0.15, 0.2) is 0 Å². The number of nitrogens with two attached hydrogens (primary N) is 4. The number of aromatic amines is 3. The number of carbonyl (C=O) groups is 6. The van der Waals surface area contributed by atoms with E-state index >= 15 is 0 Å². The van der Waals surface area contributed by atoms with Gasteiger partial charge < -0.3 is 64.5 Å². The summed E-state index contributed by atoms with van der Waals surface area (Å²) in [5, 5.41) is 15.8. The molecular formula is C49H63N13O6. The molecule has 0 unspecified atom stereocenters. The molecule has 3 aromatic heterocycles. The highest BCUT2D eigenvalue weighted by Gasteiger charge is 2.34. The average Bonchev–Trinajstić information content (AvgIpc) is 4.11. The number of H-pyrrole nitrogens is 3. The number of carbonyl (C=O) groups excluding carboxylic acids is 6. The summed E-state index contributed by atoms with van der Waals surface area (Å²) >= 11 is 0. The zero-order valence-electron chi connectivity index (χ0n) is 38.0. The van der Waals surface area contributed by atoms with Crippen molar-refractivity contribution in [3.63, 3.8) is 0 Å². The van der Waals surface area contributed by atoms with Crippen LogP contribution in [0.4, 0.5) is 0 Å². The van der Waals surface area contributed by atoms with Crippen molar-refractivity contribution in [2.75, 3.05) is 13.1 Å². The normalized spacial score (nSPS) is 14.0. The fourth-order valence-electron chi connectivity index (χ4n) is 8.15. The molecule has 6 aromatic rings. The van der Waals surface area contributed by atoms with E-state index in [-0.39, 0.29) is 38.5 Å². The molecule has 0 aliphatic heterocycles. The quantitative estimate of drug-likeness (QED) is 0.0327. The number of unbranched alkanes of at least 4 members (excludes halogenated alkanes) is 2. The first-order valence-corrected chi connectivity index (χ1v) is 23.0. The molecule has 16 N–H and O–H groups in total. The molecule has 0 saturated carbocycles. The van der Waals surface area contributed by atoms with Gasteiger partial charge in [0.2, 0.25) is 35.4 Å². The first-order chi connectivity index (χ1) is 32.9. The molecule has 0 aliphatic carbocycles. The van der Waals surface area contributed by atoms with E-state index in [2.05, 4.69) is 46.5 Å². The lowest BCUT2D eigenvalue weighted by atomic mass is 10.00. The van der Waals surface area contributed by atoms with Crippen molar-refractivity contribution in [2.24, 2.45) is 22.9 Å². The highest BCUT2D eigenvalue weighted by atomic mass is 16.2. The molecule has 68 heavy (non-hydrogen) atoms. The lowest BCUT2D eigenvalue weighted by Gasteiger charge is -2.27. The maximum atomic E-state index is 14.7. The molecule has 0 bridgehead atoms. The summed E-state index contributed by atoms with van der Waals surface area (Å²) in [5.74, 6) is -3.99. The van der Waals surface area contributed by atoms with Gasteiger partial charge in [-0.25, -0.2) is 4.98 Å². The Kier molecular flexibility index (Phi) is 18.4. The van der Waals surface area contributed by atoms with Crippen LogP contribution >= 0.6 is 0 Å². The SMILES string of the molecule is NCCCC[C@H](NC(=O)[C@@H](Cc1ccccc1)NC(=O)[C@@H](Cc1c[nH]c2ccccc12)NC(=O)[C@H](CCCCN)NC(=O)[C@@H](Cc1c[nH]c2ccccc12)NC(=O)[C@H](N)Cc1cnc[nH]1)C(N)=O. The lowest BCUT2D eigenvalue weighted by molar-refractivity contribution is -0.135. The standard InChI is InChI=1S/C49H63N13O6/c50-20-10-8-18-39(44(53)63)58-47(66)41(22-30-12-2-1-3-13-30)61-49(68)43(24-32-27-56-38-17-7-5-15-35(32)38)62-46(65)40(19-9-11-21-51)59-48(67)42(23-31-26-55-37-16-6-4-14-34(31)37)60-45(64)36(52)25-33-28-54-29-57-33/h1-7,12-17,26-29,36,39-43,55-56H,8-11,18-25,50-52H2,(H2,53,63)(H,54,57)(H,58,66)(H,59,67)(H,60,64)(H,61,68)(H,62,65)/t36-,39+,40+,41-,42-,43-/m1/s1. The number of nitrogens with one attached hydrogen (secondary N) is 8. The van der Waals surface area contributed by atoms with Crippen LogP contribution < -0.4 is 49.5 Å². The smallest absolute Gasteiger partial charge is 0.243 e. The van der Waals surface area contributed by atoms with Crippen LogP contribution in [-0.2, 0) is 54.5 Å². The molecule has 0 fully saturated rings. The van der Waals surface area contributed by atoms with Crippen LogP contribution in [-0.4, -0.2) is 105 Å². The first-order valence-electron chi connectivity index (χ1n) is 23.0. The third-order valence-corrected chi connectivity index (χ3v) is 11.9. The number of imidazole rings is 1. The average molecular weight is 930 g/mol. The van der Waals surface area contributed by atoms with Gasteiger partial charge in [-0.3, -0.25) is 28.8 Å². The maximum Gasteiger partial charge on any atom is 0.243 e. The number of para-hydroxylation sites is 2. The van der Waals surface area contributed by atoms with Gasteiger partial charge in [0.1, 0.15) is 30.2 Å². The molecule has 19 heteroatoms. The van der Waals surface area contributed by atoms with E-state index in [9.17, 15) is 28.8 Å². The third kappa shape index (κ3) is 14.1. The van der Waals surface area contributed by atoms with Crippen molar-refractivity contribution in [3.8, 4) is 0 Å². The van der Waals surface area contributed by atoms with E-state index in [4.69, 9.17) is 22.9 Å². The second kappa shape index (κ2) is 25.0. The van der Waals surface area contributed by atoms with Gasteiger partial charge in [0, 0.05) is 71.8 Å². The molecule has 360 valence electrons. The fraction of sp³-hybridized carbons (Fsp3) is 0.367. The van der Waals surface area contributed by atoms with Gasteiger partial charge in [0.05, 0.1) is 12.4 Å². The minimum Gasteiger partial charge on any atom is -0.368 e. The second-order valence-electron chi connectivity index (χ2n) is 17.0. The molecule has 19 nitrogen and oxygen atoms in total. The van der Waals surface area contributed by atoms with Crippen molar-refractivity contribution >= 4 is 57.2 Å². The molecule has 3 heterocycles. The van der Waals surface area contributed by atoms with E-state index in [1.165, 1.54) is 6.33 Å². The Bertz CT molecular complexity index is 2590. The summed E-state index contributed by atoms with van der Waals surface area (Å²) in [5.41, 5.74) is 28.0. The van der Waals surface area contributed by atoms with Crippen LogP contribution in [0.5, 0.6) is 0 Å². The van der Waals surface area contributed by atoms with Crippen LogP contribution in [0.15, 0.2) is 104 Å². The highest BCUT2D eigenvalue weighted by molar-refractivity contribution is 5.97. The first kappa shape index (κ1) is 50.1. The van der Waals surface area contributed by atoms with Crippen molar-refractivity contribution in [3.05, 3.63) is 126 Å². The van der Waals surface area contributed by atoms with Gasteiger partial charge in [-0.1, -0.05) is 66.7 Å². The molecule has 3 aromatic carbocycles. The Hall–Kier alpha value is -7.35. The topological polar surface area (TPSA) is 327 Å². The summed E-state index contributed by atoms with van der Waals surface area (Å²) in [7, 11) is 0. The van der Waals surface area contributed by atoms with Crippen molar-refractivity contribution in [2.45, 2.75) is 100 Å². The maximum absolute atomic E-state index is 14.7. The Morgan fingerprint density at radius 1 is 0.515 bits per heavy atom. The lowest BCUT2D eigenvalue weighted by Crippen LogP contribution is -2.60. The summed E-state index contributed by atoms with van der Waals surface area (Å²) in [6.45, 7) is 0.729. The van der Waals surface area contributed by atoms with Gasteiger partial charge >= 0.3 is 0 Å². The van der Waals surface area contributed by atoms with Crippen LogP contribution in [0, 0.1) is 0 Å². The van der Waals surface area contributed by atoms with Crippen molar-refractivity contribution in [1.29, 1.82) is 0 Å². The predicted octanol–water partition coefficient (Wildman–Crippen LogP) is 1.14. The monoisotopic (exact) mass is 930 g/mol. The van der Waals surface area contributed by atoms with E-state index in [1.54, 1.807) is 42.9 Å². The predicted molar refractivity (Wildman–Crippen MR) is 259 cm³/mol. The number of nitrogens with zero attached hydrogens (tertiary/aromatic N) is 1. The highest BCUT2D eigenvalue weighted by Crippen LogP contribution is 2.21. The van der Waals surface area contributed by atoms with Crippen LogP contribution in [0.2, 0.25) is 0 Å². The molecular weight excluding hydrogens is 867 g/mol. The summed E-state index contributed by atoms with van der Waals surface area (Å²) in [4.78, 5) is 97.3. The zero-order valence-corrected chi connectivity index (χ0v) is 38.0. The minimum atomic E-state index is -1.28. The summed E-state index contributed by atoms with van der Waals surface area (Å²) in [6, 6.07) is 17.2. The van der Waals surface area contributed by atoms with Crippen molar-refractivity contribution < 1.29 is 28.8 Å². The molecule has 0 saturated heterocycles. The number of benzene rings is 3. The number of hydrogen-bond acceptors (Lipinski definition) is 10. The number of hydrogen-bond donors (Lipinski definition) is 12. The Labute approximate surface area is 394 Å². The van der Waals surface area contributed by atoms with Gasteiger partial charge in [-0.2, -0.15) is 0 Å². The van der Waals surface area contributed by atoms with E-state index in [0.717, 1.165) is 32.9 Å². The van der Waals surface area contributed by atoms with Gasteiger partial charge in [-0.15, -0.1) is 0 Å². The second-order valence-corrected chi connectivity index (χ2v) is 17.0. The fourth-order valence-corrected chi connectivity index (χ4v) is 8.15.